The molecule has 0 radical (unpaired) electrons. The summed E-state index contributed by atoms with van der Waals surface area (Å²) in [5.74, 6) is -0.0113. The minimum absolute atomic E-state index is 0.340. The summed E-state index contributed by atoms with van der Waals surface area (Å²) < 4.78 is 17.1. The normalized spacial score (nSPS) is 11.9. The molecule has 6 nitrogen and oxygen atoms in total. The molecule has 1 heterocycles. The van der Waals surface area contributed by atoms with E-state index in [1.54, 1.807) is 27.8 Å². The Morgan fingerprint density at radius 2 is 1.59 bits per heavy atom. The number of thioether (sulfide) groups is 1. The summed E-state index contributed by atoms with van der Waals surface area (Å²) in [4.78, 5) is 15.7. The van der Waals surface area contributed by atoms with Gasteiger partial charge in [0, 0.05) is 18.6 Å². The van der Waals surface area contributed by atoms with Crippen molar-refractivity contribution in [2.45, 2.75) is 16.7 Å². The molecule has 32 heavy (non-hydrogen) atoms. The summed E-state index contributed by atoms with van der Waals surface area (Å²) in [5.41, 5.74) is 0.862. The average molecular weight is 514 g/mol. The van der Waals surface area contributed by atoms with Crippen LogP contribution >= 0.6 is 45.6 Å². The fourth-order valence-corrected chi connectivity index (χ4v) is 5.40. The van der Waals surface area contributed by atoms with Gasteiger partial charge in [0.05, 0.1) is 37.2 Å². The van der Waals surface area contributed by atoms with Crippen LogP contribution in [0.4, 0.5) is 0 Å². The molecular weight excluding hydrogens is 487 g/mol. The topological polar surface area (TPSA) is 77.9 Å². The number of nitrogens with zero attached hydrogens (tertiary/aromatic N) is 1. The summed E-state index contributed by atoms with van der Waals surface area (Å²) in [6.45, 7) is 2.89. The molecule has 0 bridgehead atoms. The zero-order valence-corrected chi connectivity index (χ0v) is 20.9. The van der Waals surface area contributed by atoms with E-state index in [0.29, 0.717) is 50.3 Å². The van der Waals surface area contributed by atoms with Crippen molar-refractivity contribution in [3.63, 3.8) is 0 Å². The van der Waals surface area contributed by atoms with Crippen molar-refractivity contribution in [1.29, 1.82) is 0 Å². The quantitative estimate of drug-likeness (QED) is 0.181. The highest BCUT2D eigenvalue weighted by Gasteiger charge is 2.20. The number of carboxylic acid groups (broad SMARTS) is 1. The van der Waals surface area contributed by atoms with Gasteiger partial charge in [0.25, 0.3) is 0 Å². The maximum atomic E-state index is 11.5. The monoisotopic (exact) mass is 513 g/mol. The predicted octanol–water partition coefficient (Wildman–Crippen LogP) is 4.82. The number of benzene rings is 1. The molecule has 0 aliphatic rings. The second-order valence-electron chi connectivity index (χ2n) is 6.30. The molecule has 0 saturated carbocycles. The maximum Gasteiger partial charge on any atom is 0.317 e. The first-order chi connectivity index (χ1) is 15.7. The van der Waals surface area contributed by atoms with Crippen LogP contribution in [0.15, 0.2) is 59.8 Å². The SMILES string of the molecule is O=C(O)C(CCOCCOCCOCCSSc1ccccn1)SC(=S)c1ccccc1. The number of aliphatic carboxylic acids is 1. The van der Waals surface area contributed by atoms with Crippen LogP contribution in [0.25, 0.3) is 0 Å². The van der Waals surface area contributed by atoms with Crippen molar-refractivity contribution < 1.29 is 24.1 Å². The molecule has 174 valence electrons. The van der Waals surface area contributed by atoms with Crippen LogP contribution in [0.1, 0.15) is 12.0 Å². The molecule has 0 fully saturated rings. The number of hydrogen-bond acceptors (Lipinski definition) is 9. The third-order valence-electron chi connectivity index (χ3n) is 3.90. The van der Waals surface area contributed by atoms with Crippen LogP contribution in [0.2, 0.25) is 0 Å². The van der Waals surface area contributed by atoms with Crippen molar-refractivity contribution >= 4 is 55.7 Å². The lowest BCUT2D eigenvalue weighted by Crippen LogP contribution is -2.21. The highest BCUT2D eigenvalue weighted by atomic mass is 33.1. The second kappa shape index (κ2) is 17.4. The van der Waals surface area contributed by atoms with Gasteiger partial charge in [-0.05, 0) is 34.9 Å². The van der Waals surface area contributed by atoms with Crippen molar-refractivity contribution in [1.82, 2.24) is 4.98 Å². The van der Waals surface area contributed by atoms with Gasteiger partial charge >= 0.3 is 5.97 Å². The molecule has 1 aromatic heterocycles. The smallest absolute Gasteiger partial charge is 0.317 e. The van der Waals surface area contributed by atoms with Crippen LogP contribution in [0, 0.1) is 0 Å². The fourth-order valence-electron chi connectivity index (χ4n) is 2.33. The van der Waals surface area contributed by atoms with E-state index in [2.05, 4.69) is 4.98 Å². The van der Waals surface area contributed by atoms with E-state index in [4.69, 9.17) is 26.4 Å². The molecular formula is C22H27NO5S4. The Morgan fingerprint density at radius 3 is 2.25 bits per heavy atom. The van der Waals surface area contributed by atoms with Gasteiger partial charge in [-0.3, -0.25) is 4.79 Å². The van der Waals surface area contributed by atoms with Crippen molar-refractivity contribution in [3.05, 3.63) is 60.3 Å². The number of carbonyl (C=O) groups is 1. The molecule has 0 aliphatic heterocycles. The predicted molar refractivity (Wildman–Crippen MR) is 137 cm³/mol. The van der Waals surface area contributed by atoms with Gasteiger partial charge < -0.3 is 19.3 Å². The lowest BCUT2D eigenvalue weighted by molar-refractivity contribution is -0.136. The Hall–Kier alpha value is -1.14. The van der Waals surface area contributed by atoms with Gasteiger partial charge in [0.15, 0.2) is 0 Å². The van der Waals surface area contributed by atoms with Crippen LogP contribution < -0.4 is 0 Å². The molecule has 10 heteroatoms. The van der Waals surface area contributed by atoms with E-state index in [9.17, 15) is 9.90 Å². The number of thiocarbonyl (C=S) groups is 1. The molecule has 2 aromatic rings. The highest BCUT2D eigenvalue weighted by Crippen LogP contribution is 2.28. The minimum atomic E-state index is -0.887. The van der Waals surface area contributed by atoms with E-state index in [-0.39, 0.29) is 0 Å². The van der Waals surface area contributed by atoms with E-state index in [1.165, 1.54) is 11.8 Å². The molecule has 2 rings (SSSR count). The Kier molecular flexibility index (Phi) is 14.7. The molecule has 1 aromatic carbocycles. The Balaban J connectivity index is 1.42. The molecule has 1 atom stereocenters. The van der Waals surface area contributed by atoms with Gasteiger partial charge in [-0.25, -0.2) is 4.98 Å². The first-order valence-corrected chi connectivity index (χ1v) is 13.7. The minimum Gasteiger partial charge on any atom is -0.480 e. The molecule has 0 amide bonds. The largest absolute Gasteiger partial charge is 0.480 e. The lowest BCUT2D eigenvalue weighted by atomic mass is 10.2. The first kappa shape index (κ1) is 27.1. The lowest BCUT2D eigenvalue weighted by Gasteiger charge is -2.13. The molecule has 0 spiro atoms. The summed E-state index contributed by atoms with van der Waals surface area (Å²) in [5, 5.41) is 9.78. The highest BCUT2D eigenvalue weighted by molar-refractivity contribution is 8.76. The number of ether oxygens (including phenoxy) is 3. The van der Waals surface area contributed by atoms with Crippen molar-refractivity contribution in [2.75, 3.05) is 45.4 Å². The van der Waals surface area contributed by atoms with E-state index < -0.39 is 11.2 Å². The van der Waals surface area contributed by atoms with Crippen LogP contribution in [0.3, 0.4) is 0 Å². The fraction of sp³-hybridized carbons (Fsp3) is 0.409. The molecule has 0 aliphatic carbocycles. The first-order valence-electron chi connectivity index (χ1n) is 10.1. The summed E-state index contributed by atoms with van der Waals surface area (Å²) >= 11 is 6.54. The standard InChI is InChI=1S/C22H27NO5S4/c24-21(25)19(31-22(29)18-6-2-1-3-7-18)9-11-26-12-13-27-14-15-28-16-17-30-32-20-8-4-5-10-23-20/h1-8,10,19H,9,11-17H2,(H,24,25). The Bertz CT molecular complexity index is 782. The third kappa shape index (κ3) is 12.2. The number of aromatic nitrogens is 1. The Labute approximate surface area is 206 Å². The third-order valence-corrected chi connectivity index (χ3v) is 7.82. The average Bonchev–Trinajstić information content (AvgIpc) is 2.82. The molecule has 0 saturated heterocycles. The van der Waals surface area contributed by atoms with Gasteiger partial charge in [-0.15, -0.1) is 0 Å². The van der Waals surface area contributed by atoms with Crippen LogP contribution in [0.5, 0.6) is 0 Å². The number of pyridine rings is 1. The summed E-state index contributed by atoms with van der Waals surface area (Å²) in [6, 6.07) is 15.3. The molecule has 1 N–H and O–H groups in total. The number of hydrogen-bond donors (Lipinski definition) is 1. The van der Waals surface area contributed by atoms with E-state index in [0.717, 1.165) is 16.3 Å². The summed E-state index contributed by atoms with van der Waals surface area (Å²) in [7, 11) is 3.34. The zero-order valence-electron chi connectivity index (χ0n) is 17.6. The van der Waals surface area contributed by atoms with E-state index >= 15 is 0 Å². The number of carboxylic acids is 1. The Morgan fingerprint density at radius 1 is 0.938 bits per heavy atom. The molecule has 1 unspecified atom stereocenters. The van der Waals surface area contributed by atoms with Gasteiger partial charge in [-0.2, -0.15) is 0 Å². The van der Waals surface area contributed by atoms with Gasteiger partial charge in [-0.1, -0.05) is 71.2 Å². The van der Waals surface area contributed by atoms with Crippen molar-refractivity contribution in [3.8, 4) is 0 Å². The van der Waals surface area contributed by atoms with Crippen LogP contribution in [-0.4, -0.2) is 70.9 Å². The second-order valence-corrected chi connectivity index (χ2v) is 10.6. The van der Waals surface area contributed by atoms with Gasteiger partial charge in [0.2, 0.25) is 0 Å². The van der Waals surface area contributed by atoms with Crippen molar-refractivity contribution in [2.24, 2.45) is 0 Å². The van der Waals surface area contributed by atoms with Gasteiger partial charge in [0.1, 0.15) is 10.3 Å². The zero-order chi connectivity index (χ0) is 22.9. The maximum absolute atomic E-state index is 11.5. The number of rotatable bonds is 17. The van der Waals surface area contributed by atoms with E-state index in [1.807, 2.05) is 48.5 Å². The van der Waals surface area contributed by atoms with Crippen LogP contribution in [-0.2, 0) is 19.0 Å². The summed E-state index contributed by atoms with van der Waals surface area (Å²) in [6.07, 6.45) is 2.16.